The van der Waals surface area contributed by atoms with Gasteiger partial charge in [-0.1, -0.05) is 25.1 Å². The van der Waals surface area contributed by atoms with Gasteiger partial charge in [0.2, 0.25) is 5.91 Å². The van der Waals surface area contributed by atoms with Gasteiger partial charge in [-0.2, -0.15) is 0 Å². The zero-order valence-corrected chi connectivity index (χ0v) is 12.1. The molecule has 0 aromatic heterocycles. The fourth-order valence-electron chi connectivity index (χ4n) is 2.09. The Bertz CT molecular complexity index is 473. The fraction of sp³-hybridized carbons (Fsp3) is 0.467. The maximum atomic E-state index is 11.9. The van der Waals surface area contributed by atoms with E-state index in [1.165, 1.54) is 0 Å². The maximum absolute atomic E-state index is 11.9. The standard InChI is InChI=1S/C15H21NO4/c1-10(9-15(18)19)8-14(17)16-11(2)12-6-4-5-7-13(12)20-3/h4-7,10-11H,8-9H2,1-3H3,(H,16,17)(H,18,19)/t10?,11-/m1/s1. The van der Waals surface area contributed by atoms with E-state index in [0.717, 1.165) is 11.3 Å². The van der Waals surface area contributed by atoms with Gasteiger partial charge in [0.15, 0.2) is 0 Å². The largest absolute Gasteiger partial charge is 0.496 e. The molecule has 0 aliphatic carbocycles. The molecule has 1 rings (SSSR count). The molecular weight excluding hydrogens is 258 g/mol. The smallest absolute Gasteiger partial charge is 0.303 e. The summed E-state index contributed by atoms with van der Waals surface area (Å²) in [6.45, 7) is 3.62. The van der Waals surface area contributed by atoms with Crippen LogP contribution in [0.3, 0.4) is 0 Å². The van der Waals surface area contributed by atoms with Crippen molar-refractivity contribution in [3.8, 4) is 5.75 Å². The van der Waals surface area contributed by atoms with Gasteiger partial charge in [0.05, 0.1) is 13.2 Å². The second-order valence-electron chi connectivity index (χ2n) is 4.94. The third-order valence-corrected chi connectivity index (χ3v) is 3.04. The molecule has 0 radical (unpaired) electrons. The minimum absolute atomic E-state index is 0.00351. The summed E-state index contributed by atoms with van der Waals surface area (Å²) in [5.41, 5.74) is 0.897. The number of carbonyl (C=O) groups is 2. The normalized spacial score (nSPS) is 13.3. The average Bonchev–Trinajstić information content (AvgIpc) is 2.37. The molecule has 1 amide bonds. The predicted octanol–water partition coefficient (Wildman–Crippen LogP) is 2.37. The van der Waals surface area contributed by atoms with Crippen LogP contribution in [0, 0.1) is 5.92 Å². The van der Waals surface area contributed by atoms with Crippen molar-refractivity contribution < 1.29 is 19.4 Å². The first-order valence-electron chi connectivity index (χ1n) is 6.58. The van der Waals surface area contributed by atoms with E-state index in [1.54, 1.807) is 14.0 Å². The van der Waals surface area contributed by atoms with E-state index < -0.39 is 5.97 Å². The van der Waals surface area contributed by atoms with Crippen LogP contribution in [0.15, 0.2) is 24.3 Å². The Balaban J connectivity index is 2.59. The molecule has 0 saturated carbocycles. The summed E-state index contributed by atoms with van der Waals surface area (Å²) in [7, 11) is 1.59. The van der Waals surface area contributed by atoms with Crippen LogP contribution in [0.4, 0.5) is 0 Å². The summed E-state index contributed by atoms with van der Waals surface area (Å²) < 4.78 is 5.25. The third-order valence-electron chi connectivity index (χ3n) is 3.04. The lowest BCUT2D eigenvalue weighted by Crippen LogP contribution is -2.28. The van der Waals surface area contributed by atoms with Gasteiger partial charge in [-0.3, -0.25) is 9.59 Å². The second kappa shape index (κ2) is 7.53. The Kier molecular flexibility index (Phi) is 6.03. The summed E-state index contributed by atoms with van der Waals surface area (Å²) in [6.07, 6.45) is 0.197. The van der Waals surface area contributed by atoms with Crippen LogP contribution in [0.2, 0.25) is 0 Å². The molecule has 1 aromatic rings. The minimum atomic E-state index is -0.886. The molecule has 5 nitrogen and oxygen atoms in total. The molecule has 0 bridgehead atoms. The van der Waals surface area contributed by atoms with E-state index in [9.17, 15) is 9.59 Å². The number of para-hydroxylation sites is 1. The number of aliphatic carboxylic acids is 1. The highest BCUT2D eigenvalue weighted by Gasteiger charge is 2.16. The van der Waals surface area contributed by atoms with E-state index in [4.69, 9.17) is 9.84 Å². The number of hydrogen-bond acceptors (Lipinski definition) is 3. The molecule has 0 aliphatic rings. The van der Waals surface area contributed by atoms with Crippen LogP contribution in [-0.4, -0.2) is 24.1 Å². The molecule has 5 heteroatoms. The average molecular weight is 279 g/mol. The van der Waals surface area contributed by atoms with Crippen molar-refractivity contribution in [1.82, 2.24) is 5.32 Å². The lowest BCUT2D eigenvalue weighted by molar-refractivity contribution is -0.138. The lowest BCUT2D eigenvalue weighted by atomic mass is 10.0. The predicted molar refractivity (Wildman–Crippen MR) is 75.6 cm³/mol. The molecular formula is C15H21NO4. The molecule has 0 heterocycles. The first-order chi connectivity index (χ1) is 9.43. The highest BCUT2D eigenvalue weighted by molar-refractivity contribution is 5.77. The van der Waals surface area contributed by atoms with Gasteiger partial charge in [-0.15, -0.1) is 0 Å². The van der Waals surface area contributed by atoms with Gasteiger partial charge < -0.3 is 15.2 Å². The molecule has 0 spiro atoms. The Morgan fingerprint density at radius 1 is 1.25 bits per heavy atom. The van der Waals surface area contributed by atoms with Crippen LogP contribution in [0.25, 0.3) is 0 Å². The number of methoxy groups -OCH3 is 1. The molecule has 0 aliphatic heterocycles. The molecule has 1 unspecified atom stereocenters. The Morgan fingerprint density at radius 2 is 1.90 bits per heavy atom. The van der Waals surface area contributed by atoms with Crippen molar-refractivity contribution >= 4 is 11.9 Å². The van der Waals surface area contributed by atoms with Crippen molar-refractivity contribution in [2.75, 3.05) is 7.11 Å². The van der Waals surface area contributed by atoms with Gasteiger partial charge in [-0.05, 0) is 18.9 Å². The number of benzene rings is 1. The van der Waals surface area contributed by atoms with Crippen molar-refractivity contribution in [1.29, 1.82) is 0 Å². The van der Waals surface area contributed by atoms with Crippen molar-refractivity contribution in [3.63, 3.8) is 0 Å². The molecule has 2 N–H and O–H groups in total. The molecule has 2 atom stereocenters. The molecule has 0 fully saturated rings. The first-order valence-corrected chi connectivity index (χ1v) is 6.58. The zero-order valence-electron chi connectivity index (χ0n) is 12.1. The monoisotopic (exact) mass is 279 g/mol. The molecule has 110 valence electrons. The molecule has 20 heavy (non-hydrogen) atoms. The van der Waals surface area contributed by atoms with Crippen LogP contribution in [0.5, 0.6) is 5.75 Å². The fourth-order valence-corrected chi connectivity index (χ4v) is 2.09. The Labute approximate surface area is 118 Å². The number of nitrogens with one attached hydrogen (secondary N) is 1. The van der Waals surface area contributed by atoms with E-state index in [-0.39, 0.29) is 30.7 Å². The number of carboxylic acid groups (broad SMARTS) is 1. The van der Waals surface area contributed by atoms with Gasteiger partial charge >= 0.3 is 5.97 Å². The van der Waals surface area contributed by atoms with Crippen LogP contribution < -0.4 is 10.1 Å². The topological polar surface area (TPSA) is 75.6 Å². The lowest BCUT2D eigenvalue weighted by Gasteiger charge is -2.18. The summed E-state index contributed by atoms with van der Waals surface area (Å²) in [6, 6.07) is 7.30. The van der Waals surface area contributed by atoms with Gasteiger partial charge in [0.25, 0.3) is 0 Å². The van der Waals surface area contributed by atoms with Crippen molar-refractivity contribution in [2.45, 2.75) is 32.7 Å². The third kappa shape index (κ3) is 4.91. The Morgan fingerprint density at radius 3 is 2.50 bits per heavy atom. The van der Waals surface area contributed by atoms with E-state index in [0.29, 0.717) is 0 Å². The van der Waals surface area contributed by atoms with Gasteiger partial charge in [0, 0.05) is 18.4 Å². The first kappa shape index (κ1) is 16.0. The zero-order chi connectivity index (χ0) is 15.1. The van der Waals surface area contributed by atoms with Crippen LogP contribution in [-0.2, 0) is 9.59 Å². The second-order valence-corrected chi connectivity index (χ2v) is 4.94. The molecule has 1 aromatic carbocycles. The summed E-state index contributed by atoms with van der Waals surface area (Å²) in [5, 5.41) is 11.5. The van der Waals surface area contributed by atoms with Gasteiger partial charge in [-0.25, -0.2) is 0 Å². The van der Waals surface area contributed by atoms with Crippen molar-refractivity contribution in [3.05, 3.63) is 29.8 Å². The van der Waals surface area contributed by atoms with Crippen LogP contribution >= 0.6 is 0 Å². The number of ether oxygens (including phenoxy) is 1. The van der Waals surface area contributed by atoms with E-state index in [2.05, 4.69) is 5.32 Å². The quantitative estimate of drug-likeness (QED) is 0.803. The number of rotatable bonds is 7. The SMILES string of the molecule is COc1ccccc1[C@@H](C)NC(=O)CC(C)CC(=O)O. The summed E-state index contributed by atoms with van der Waals surface area (Å²) >= 11 is 0. The number of carboxylic acids is 1. The van der Waals surface area contributed by atoms with Crippen molar-refractivity contribution in [2.24, 2.45) is 5.92 Å². The maximum Gasteiger partial charge on any atom is 0.303 e. The van der Waals surface area contributed by atoms with E-state index >= 15 is 0 Å². The van der Waals surface area contributed by atoms with Gasteiger partial charge in [0.1, 0.15) is 5.75 Å². The minimum Gasteiger partial charge on any atom is -0.496 e. The van der Waals surface area contributed by atoms with E-state index in [1.807, 2.05) is 31.2 Å². The highest BCUT2D eigenvalue weighted by atomic mass is 16.5. The number of carbonyl (C=O) groups excluding carboxylic acids is 1. The number of amides is 1. The summed E-state index contributed by atoms with van der Waals surface area (Å²) in [4.78, 5) is 22.4. The number of hydrogen-bond donors (Lipinski definition) is 2. The molecule has 0 saturated heterocycles. The highest BCUT2D eigenvalue weighted by Crippen LogP contribution is 2.24. The summed E-state index contributed by atoms with van der Waals surface area (Å²) in [5.74, 6) is -0.503. The van der Waals surface area contributed by atoms with Crippen LogP contribution in [0.1, 0.15) is 38.3 Å². The Hall–Kier alpha value is -2.04.